The zero-order valence-electron chi connectivity index (χ0n) is 6.42. The first-order chi connectivity index (χ1) is 4.81. The van der Waals surface area contributed by atoms with E-state index in [1.165, 1.54) is 0 Å². The molecular formula is C7H16N2S. The second-order valence-electron chi connectivity index (χ2n) is 2.07. The van der Waals surface area contributed by atoms with Gasteiger partial charge in [0.05, 0.1) is 5.37 Å². The van der Waals surface area contributed by atoms with Gasteiger partial charge in [-0.15, -0.1) is 11.8 Å². The lowest BCUT2D eigenvalue weighted by atomic mass is 10.3. The van der Waals surface area contributed by atoms with Gasteiger partial charge < -0.3 is 11.5 Å². The van der Waals surface area contributed by atoms with Gasteiger partial charge in [-0.25, -0.2) is 0 Å². The van der Waals surface area contributed by atoms with E-state index < -0.39 is 0 Å². The van der Waals surface area contributed by atoms with Gasteiger partial charge in [-0.1, -0.05) is 19.4 Å². The molecule has 0 heterocycles. The van der Waals surface area contributed by atoms with Gasteiger partial charge in [0.2, 0.25) is 0 Å². The normalized spacial score (nSPS) is 14.3. The third kappa shape index (κ3) is 6.13. The molecule has 3 heteroatoms. The molecule has 0 aromatic rings. The predicted molar refractivity (Wildman–Crippen MR) is 48.7 cm³/mol. The van der Waals surface area contributed by atoms with Crippen molar-refractivity contribution in [1.82, 2.24) is 0 Å². The maximum absolute atomic E-state index is 5.70. The molecular weight excluding hydrogens is 144 g/mol. The van der Waals surface area contributed by atoms with Gasteiger partial charge >= 0.3 is 0 Å². The van der Waals surface area contributed by atoms with Crippen LogP contribution in [0.1, 0.15) is 19.8 Å². The predicted octanol–water partition coefficient (Wildman–Crippen LogP) is 1.28. The molecule has 0 aromatic carbocycles. The minimum atomic E-state index is 0.243. The Kier molecular flexibility index (Phi) is 7.13. The van der Waals surface area contributed by atoms with Crippen molar-refractivity contribution in [2.24, 2.45) is 11.5 Å². The average Bonchev–Trinajstić information content (AvgIpc) is 1.89. The molecule has 0 saturated heterocycles. The van der Waals surface area contributed by atoms with Crippen molar-refractivity contribution in [2.75, 3.05) is 6.54 Å². The fourth-order valence-corrected chi connectivity index (χ4v) is 1.36. The van der Waals surface area contributed by atoms with E-state index in [4.69, 9.17) is 11.5 Å². The molecule has 2 nitrogen and oxygen atoms in total. The highest BCUT2D eigenvalue weighted by atomic mass is 32.2. The van der Waals surface area contributed by atoms with Crippen LogP contribution in [-0.2, 0) is 0 Å². The maximum Gasteiger partial charge on any atom is 0.0548 e. The summed E-state index contributed by atoms with van der Waals surface area (Å²) in [6.07, 6.45) is 4.13. The van der Waals surface area contributed by atoms with Gasteiger partial charge in [-0.2, -0.15) is 0 Å². The molecule has 0 aromatic heterocycles. The third-order valence-electron chi connectivity index (χ3n) is 1.06. The third-order valence-corrected chi connectivity index (χ3v) is 1.99. The standard InChI is InChI=1S/C7H16N2S/c1-2-4-7(9)10-6-3-5-8/h3,6-7H,2,4-5,8-9H2,1H3. The molecule has 0 saturated carbocycles. The van der Waals surface area contributed by atoms with E-state index in [0.717, 1.165) is 12.8 Å². The van der Waals surface area contributed by atoms with Crippen LogP contribution in [0, 0.1) is 0 Å². The molecule has 1 atom stereocenters. The van der Waals surface area contributed by atoms with Crippen LogP contribution in [0.2, 0.25) is 0 Å². The highest BCUT2D eigenvalue weighted by Crippen LogP contribution is 2.11. The molecule has 10 heavy (non-hydrogen) atoms. The molecule has 0 spiro atoms. The SMILES string of the molecule is CCCC(N)SC=CCN. The van der Waals surface area contributed by atoms with E-state index >= 15 is 0 Å². The number of hydrogen-bond acceptors (Lipinski definition) is 3. The number of rotatable bonds is 5. The summed E-state index contributed by atoms with van der Waals surface area (Å²) in [6.45, 7) is 2.74. The first-order valence-corrected chi connectivity index (χ1v) is 4.51. The van der Waals surface area contributed by atoms with Crippen LogP contribution in [0.3, 0.4) is 0 Å². The minimum absolute atomic E-state index is 0.243. The van der Waals surface area contributed by atoms with Crippen LogP contribution in [0.25, 0.3) is 0 Å². The van der Waals surface area contributed by atoms with E-state index in [9.17, 15) is 0 Å². The first kappa shape index (κ1) is 10.0. The monoisotopic (exact) mass is 160 g/mol. The lowest BCUT2D eigenvalue weighted by Crippen LogP contribution is -2.13. The Bertz CT molecular complexity index is 93.6. The Hall–Kier alpha value is 0.01000. The van der Waals surface area contributed by atoms with E-state index in [1.54, 1.807) is 11.8 Å². The van der Waals surface area contributed by atoms with Crippen molar-refractivity contribution in [1.29, 1.82) is 0 Å². The lowest BCUT2D eigenvalue weighted by Gasteiger charge is -2.04. The molecule has 1 unspecified atom stereocenters. The number of nitrogens with two attached hydrogens (primary N) is 2. The van der Waals surface area contributed by atoms with Crippen molar-refractivity contribution in [3.63, 3.8) is 0 Å². The summed E-state index contributed by atoms with van der Waals surface area (Å²) in [4.78, 5) is 0. The number of hydrogen-bond donors (Lipinski definition) is 2. The Labute approximate surface area is 67.0 Å². The highest BCUT2D eigenvalue weighted by Gasteiger charge is 1.95. The summed E-state index contributed by atoms with van der Waals surface area (Å²) in [5.41, 5.74) is 10.9. The van der Waals surface area contributed by atoms with Gasteiger partial charge in [0.1, 0.15) is 0 Å². The lowest BCUT2D eigenvalue weighted by molar-refractivity contribution is 0.767. The second-order valence-corrected chi connectivity index (χ2v) is 3.22. The molecule has 0 amide bonds. The van der Waals surface area contributed by atoms with Crippen molar-refractivity contribution < 1.29 is 0 Å². The molecule has 0 bridgehead atoms. The van der Waals surface area contributed by atoms with E-state index in [2.05, 4.69) is 6.92 Å². The van der Waals surface area contributed by atoms with Crippen LogP contribution in [0.4, 0.5) is 0 Å². The van der Waals surface area contributed by atoms with Crippen LogP contribution in [-0.4, -0.2) is 11.9 Å². The van der Waals surface area contributed by atoms with Gasteiger partial charge in [0, 0.05) is 6.54 Å². The maximum atomic E-state index is 5.70. The minimum Gasteiger partial charge on any atom is -0.327 e. The molecule has 0 aliphatic rings. The zero-order valence-corrected chi connectivity index (χ0v) is 7.23. The topological polar surface area (TPSA) is 52.0 Å². The van der Waals surface area contributed by atoms with Crippen molar-refractivity contribution in [3.8, 4) is 0 Å². The summed E-state index contributed by atoms with van der Waals surface area (Å²) in [5.74, 6) is 0. The van der Waals surface area contributed by atoms with Crippen LogP contribution in [0.15, 0.2) is 11.5 Å². The summed E-state index contributed by atoms with van der Waals surface area (Å²) in [7, 11) is 0. The molecule has 0 aliphatic carbocycles. The van der Waals surface area contributed by atoms with Crippen molar-refractivity contribution in [2.45, 2.75) is 25.1 Å². The molecule has 60 valence electrons. The summed E-state index contributed by atoms with van der Waals surface area (Å²) in [6, 6.07) is 0. The van der Waals surface area contributed by atoms with Crippen molar-refractivity contribution in [3.05, 3.63) is 11.5 Å². The van der Waals surface area contributed by atoms with Crippen molar-refractivity contribution >= 4 is 11.8 Å². The summed E-state index contributed by atoms with van der Waals surface area (Å²) in [5, 5.41) is 2.22. The Morgan fingerprint density at radius 1 is 1.60 bits per heavy atom. The second kappa shape index (κ2) is 7.12. The van der Waals surface area contributed by atoms with E-state index in [1.807, 2.05) is 11.5 Å². The van der Waals surface area contributed by atoms with Gasteiger partial charge in [0.25, 0.3) is 0 Å². The number of thioether (sulfide) groups is 1. The van der Waals surface area contributed by atoms with E-state index in [-0.39, 0.29) is 5.37 Å². The fourth-order valence-electron chi connectivity index (χ4n) is 0.565. The molecule has 4 N–H and O–H groups in total. The van der Waals surface area contributed by atoms with Crippen LogP contribution in [0.5, 0.6) is 0 Å². The molecule has 0 aliphatic heterocycles. The summed E-state index contributed by atoms with van der Waals surface area (Å²) < 4.78 is 0. The smallest absolute Gasteiger partial charge is 0.0548 e. The quantitative estimate of drug-likeness (QED) is 0.596. The van der Waals surface area contributed by atoms with Crippen LogP contribution < -0.4 is 11.5 Å². The Morgan fingerprint density at radius 3 is 2.80 bits per heavy atom. The Morgan fingerprint density at radius 2 is 2.30 bits per heavy atom. The van der Waals surface area contributed by atoms with Gasteiger partial charge in [-0.3, -0.25) is 0 Å². The molecule has 0 fully saturated rings. The van der Waals surface area contributed by atoms with E-state index in [0.29, 0.717) is 6.54 Å². The Balaban J connectivity index is 3.20. The first-order valence-electron chi connectivity index (χ1n) is 3.57. The highest BCUT2D eigenvalue weighted by molar-refractivity contribution is 8.02. The molecule has 0 radical (unpaired) electrons. The molecule has 0 rings (SSSR count). The largest absolute Gasteiger partial charge is 0.327 e. The van der Waals surface area contributed by atoms with Gasteiger partial charge in [0.15, 0.2) is 0 Å². The average molecular weight is 160 g/mol. The fraction of sp³-hybridized carbons (Fsp3) is 0.714. The van der Waals surface area contributed by atoms with Crippen LogP contribution >= 0.6 is 11.8 Å². The zero-order chi connectivity index (χ0) is 7.82. The van der Waals surface area contributed by atoms with Gasteiger partial charge in [-0.05, 0) is 11.8 Å². The summed E-state index contributed by atoms with van der Waals surface area (Å²) >= 11 is 1.64.